The molecule has 3 rings (SSSR count). The molecule has 0 radical (unpaired) electrons. The van der Waals surface area contributed by atoms with Gasteiger partial charge in [0.25, 0.3) is 0 Å². The SMILES string of the molecule is CSc1ccc2nc(C(O)(c3ncncc3Br)C(C)C)ccc2c1. The van der Waals surface area contributed by atoms with E-state index >= 15 is 0 Å². The van der Waals surface area contributed by atoms with Crippen molar-refractivity contribution in [2.24, 2.45) is 5.92 Å². The maximum absolute atomic E-state index is 11.5. The van der Waals surface area contributed by atoms with Crippen molar-refractivity contribution < 1.29 is 5.11 Å². The minimum Gasteiger partial charge on any atom is -0.377 e. The number of aliphatic hydroxyl groups is 1. The van der Waals surface area contributed by atoms with Gasteiger partial charge in [0.2, 0.25) is 0 Å². The Bertz CT molecular complexity index is 887. The Morgan fingerprint density at radius 1 is 1.21 bits per heavy atom. The van der Waals surface area contributed by atoms with Crippen molar-refractivity contribution in [3.63, 3.8) is 0 Å². The lowest BCUT2D eigenvalue weighted by atomic mass is 9.83. The summed E-state index contributed by atoms with van der Waals surface area (Å²) < 4.78 is 0.667. The molecule has 124 valence electrons. The van der Waals surface area contributed by atoms with Crippen LogP contribution in [0, 0.1) is 5.92 Å². The first-order chi connectivity index (χ1) is 11.5. The molecule has 0 spiro atoms. The fourth-order valence-corrected chi connectivity index (χ4v) is 3.70. The molecule has 1 unspecified atom stereocenters. The molecule has 2 aromatic heterocycles. The quantitative estimate of drug-likeness (QED) is 0.654. The molecule has 4 nitrogen and oxygen atoms in total. The summed E-state index contributed by atoms with van der Waals surface area (Å²) in [7, 11) is 0. The summed E-state index contributed by atoms with van der Waals surface area (Å²) in [6.07, 6.45) is 5.13. The highest BCUT2D eigenvalue weighted by Crippen LogP contribution is 2.38. The van der Waals surface area contributed by atoms with Gasteiger partial charge in [-0.2, -0.15) is 0 Å². The van der Waals surface area contributed by atoms with Crippen LogP contribution in [0.15, 0.2) is 52.2 Å². The molecule has 6 heteroatoms. The number of fused-ring (bicyclic) bond motifs is 1. The number of rotatable bonds is 4. The third kappa shape index (κ3) is 2.94. The summed E-state index contributed by atoms with van der Waals surface area (Å²) in [5.74, 6) is -0.112. The molecule has 0 saturated heterocycles. The van der Waals surface area contributed by atoms with Gasteiger partial charge in [0, 0.05) is 16.5 Å². The van der Waals surface area contributed by atoms with Crippen LogP contribution in [-0.4, -0.2) is 26.3 Å². The van der Waals surface area contributed by atoms with Crippen LogP contribution in [0.1, 0.15) is 25.2 Å². The molecular formula is C18H18BrN3OS. The first kappa shape index (κ1) is 17.3. The van der Waals surface area contributed by atoms with Crippen LogP contribution in [-0.2, 0) is 5.60 Å². The molecule has 0 fully saturated rings. The second-order valence-corrected chi connectivity index (χ2v) is 7.63. The van der Waals surface area contributed by atoms with Gasteiger partial charge in [-0.15, -0.1) is 11.8 Å². The fourth-order valence-electron chi connectivity index (χ4n) is 2.73. The lowest BCUT2D eigenvalue weighted by molar-refractivity contribution is 0.0227. The maximum atomic E-state index is 11.5. The Morgan fingerprint density at radius 3 is 2.67 bits per heavy atom. The number of hydrogen-bond acceptors (Lipinski definition) is 5. The van der Waals surface area contributed by atoms with Crippen molar-refractivity contribution in [3.8, 4) is 0 Å². The molecule has 0 saturated carbocycles. The van der Waals surface area contributed by atoms with Crippen molar-refractivity contribution >= 4 is 38.6 Å². The number of benzene rings is 1. The minimum absolute atomic E-state index is 0.112. The van der Waals surface area contributed by atoms with Gasteiger partial charge in [-0.05, 0) is 52.4 Å². The van der Waals surface area contributed by atoms with E-state index in [1.54, 1.807) is 18.0 Å². The third-order valence-corrected chi connectivity index (χ3v) is 5.46. The first-order valence-electron chi connectivity index (χ1n) is 7.60. The van der Waals surface area contributed by atoms with Gasteiger partial charge < -0.3 is 5.11 Å². The van der Waals surface area contributed by atoms with Crippen molar-refractivity contribution in [2.45, 2.75) is 24.3 Å². The lowest BCUT2D eigenvalue weighted by Crippen LogP contribution is -2.36. The summed E-state index contributed by atoms with van der Waals surface area (Å²) in [6, 6.07) is 10.0. The van der Waals surface area contributed by atoms with E-state index in [2.05, 4.69) is 32.0 Å². The largest absolute Gasteiger partial charge is 0.377 e. The van der Waals surface area contributed by atoms with Crippen LogP contribution in [0.25, 0.3) is 10.9 Å². The van der Waals surface area contributed by atoms with Gasteiger partial charge >= 0.3 is 0 Å². The summed E-state index contributed by atoms with van der Waals surface area (Å²) in [6.45, 7) is 3.91. The molecule has 1 atom stereocenters. The van der Waals surface area contributed by atoms with Gasteiger partial charge in [-0.3, -0.25) is 0 Å². The molecule has 0 amide bonds. The van der Waals surface area contributed by atoms with Gasteiger partial charge in [0.15, 0.2) is 5.60 Å². The normalized spacial score (nSPS) is 14.1. The monoisotopic (exact) mass is 403 g/mol. The van der Waals surface area contributed by atoms with E-state index in [0.717, 1.165) is 10.9 Å². The smallest absolute Gasteiger partial charge is 0.152 e. The predicted molar refractivity (Wildman–Crippen MR) is 101 cm³/mol. The van der Waals surface area contributed by atoms with Crippen molar-refractivity contribution in [3.05, 3.63) is 58.7 Å². The Labute approximate surface area is 153 Å². The predicted octanol–water partition coefficient (Wildman–Crippen LogP) is 4.40. The molecule has 3 aromatic rings. The van der Waals surface area contributed by atoms with Crippen LogP contribution >= 0.6 is 27.7 Å². The molecule has 2 heterocycles. The highest BCUT2D eigenvalue weighted by molar-refractivity contribution is 9.10. The van der Waals surface area contributed by atoms with Gasteiger partial charge in [-0.1, -0.05) is 19.9 Å². The zero-order valence-electron chi connectivity index (χ0n) is 13.7. The van der Waals surface area contributed by atoms with Crippen molar-refractivity contribution in [1.82, 2.24) is 15.0 Å². The summed E-state index contributed by atoms with van der Waals surface area (Å²) in [5.41, 5.74) is 0.671. The fraction of sp³-hybridized carbons (Fsp3) is 0.278. The minimum atomic E-state index is -1.30. The zero-order chi connectivity index (χ0) is 17.3. The molecular weight excluding hydrogens is 386 g/mol. The van der Waals surface area contributed by atoms with Crippen molar-refractivity contribution in [2.75, 3.05) is 6.26 Å². The second kappa shape index (κ2) is 6.78. The van der Waals surface area contributed by atoms with E-state index in [0.29, 0.717) is 15.9 Å². The molecule has 0 bridgehead atoms. The lowest BCUT2D eigenvalue weighted by Gasteiger charge is -2.31. The van der Waals surface area contributed by atoms with E-state index in [1.807, 2.05) is 44.4 Å². The molecule has 0 aliphatic heterocycles. The van der Waals surface area contributed by atoms with Gasteiger partial charge in [0.1, 0.15) is 6.33 Å². The van der Waals surface area contributed by atoms with E-state index in [4.69, 9.17) is 4.98 Å². The van der Waals surface area contributed by atoms with Gasteiger partial charge in [-0.25, -0.2) is 15.0 Å². The van der Waals surface area contributed by atoms with E-state index in [1.165, 1.54) is 11.2 Å². The number of halogens is 1. The number of pyridine rings is 1. The Hall–Kier alpha value is -1.50. The highest BCUT2D eigenvalue weighted by Gasteiger charge is 2.40. The maximum Gasteiger partial charge on any atom is 0.152 e. The Morgan fingerprint density at radius 2 is 2.00 bits per heavy atom. The van der Waals surface area contributed by atoms with E-state index in [-0.39, 0.29) is 5.92 Å². The second-order valence-electron chi connectivity index (χ2n) is 5.90. The number of thioether (sulfide) groups is 1. The first-order valence-corrected chi connectivity index (χ1v) is 9.62. The molecule has 1 aromatic carbocycles. The van der Waals surface area contributed by atoms with Crippen LogP contribution in [0.4, 0.5) is 0 Å². The van der Waals surface area contributed by atoms with E-state index in [9.17, 15) is 5.11 Å². The Kier molecular flexibility index (Phi) is 4.90. The highest BCUT2D eigenvalue weighted by atomic mass is 79.9. The zero-order valence-corrected chi connectivity index (χ0v) is 16.1. The average Bonchev–Trinajstić information content (AvgIpc) is 2.60. The number of aromatic nitrogens is 3. The molecule has 1 N–H and O–H groups in total. The average molecular weight is 404 g/mol. The van der Waals surface area contributed by atoms with Crippen LogP contribution < -0.4 is 0 Å². The summed E-state index contributed by atoms with van der Waals surface area (Å²) in [5, 5.41) is 12.5. The van der Waals surface area contributed by atoms with Gasteiger partial charge in [0.05, 0.1) is 21.4 Å². The van der Waals surface area contributed by atoms with Crippen LogP contribution in [0.3, 0.4) is 0 Å². The Balaban J connectivity index is 2.19. The standard InChI is InChI=1S/C18H18BrN3OS/c1-11(2)18(23,17-14(19)9-20-10-21-17)16-7-4-12-8-13(24-3)5-6-15(12)22-16/h4-11,23H,1-3H3. The molecule has 0 aliphatic carbocycles. The summed E-state index contributed by atoms with van der Waals surface area (Å²) >= 11 is 5.15. The third-order valence-electron chi connectivity index (χ3n) is 4.15. The van der Waals surface area contributed by atoms with Crippen molar-refractivity contribution in [1.29, 1.82) is 0 Å². The number of nitrogens with zero attached hydrogens (tertiary/aromatic N) is 3. The summed E-state index contributed by atoms with van der Waals surface area (Å²) in [4.78, 5) is 14.2. The molecule has 24 heavy (non-hydrogen) atoms. The van der Waals surface area contributed by atoms with Crippen LogP contribution in [0.2, 0.25) is 0 Å². The number of hydrogen-bond donors (Lipinski definition) is 1. The van der Waals surface area contributed by atoms with Crippen LogP contribution in [0.5, 0.6) is 0 Å². The molecule has 0 aliphatic rings. The van der Waals surface area contributed by atoms with E-state index < -0.39 is 5.60 Å². The topological polar surface area (TPSA) is 58.9 Å².